The van der Waals surface area contributed by atoms with E-state index in [1.807, 2.05) is 25.8 Å². The van der Waals surface area contributed by atoms with Gasteiger partial charge in [0.2, 0.25) is 15.9 Å². The van der Waals surface area contributed by atoms with Gasteiger partial charge in [0, 0.05) is 44.4 Å². The molecule has 2 aliphatic rings. The van der Waals surface area contributed by atoms with Gasteiger partial charge in [-0.05, 0) is 33.0 Å². The summed E-state index contributed by atoms with van der Waals surface area (Å²) in [6.07, 6.45) is 0. The van der Waals surface area contributed by atoms with Gasteiger partial charge >= 0.3 is 0 Å². The zero-order valence-corrected chi connectivity index (χ0v) is 19.4. The van der Waals surface area contributed by atoms with Crippen molar-refractivity contribution in [3.05, 3.63) is 35.2 Å². The van der Waals surface area contributed by atoms with Gasteiger partial charge in [0.15, 0.2) is 11.5 Å². The van der Waals surface area contributed by atoms with E-state index in [2.05, 4.69) is 5.16 Å². The molecule has 0 N–H and O–H groups in total. The molecule has 0 unspecified atom stereocenters. The Hall–Kier alpha value is -2.63. The highest BCUT2D eigenvalue weighted by Gasteiger charge is 2.31. The molecule has 174 valence electrons. The Morgan fingerprint density at radius 2 is 1.78 bits per heavy atom. The molecule has 4 rings (SSSR count). The van der Waals surface area contributed by atoms with Crippen LogP contribution in [0.2, 0.25) is 0 Å². The Labute approximate surface area is 187 Å². The summed E-state index contributed by atoms with van der Waals surface area (Å²) in [5.74, 6) is 1.70. The average Bonchev–Trinajstić information content (AvgIpc) is 3.10. The Balaban J connectivity index is 1.33. The lowest BCUT2D eigenvalue weighted by Gasteiger charge is -2.35. The molecule has 0 spiro atoms. The molecule has 1 aromatic heterocycles. The Kier molecular flexibility index (Phi) is 6.40. The number of aryl methyl sites for hydroxylation is 2. The van der Waals surface area contributed by atoms with E-state index in [0.29, 0.717) is 44.3 Å². The maximum absolute atomic E-state index is 13.1. The predicted octanol–water partition coefficient (Wildman–Crippen LogP) is 1.03. The van der Waals surface area contributed by atoms with Crippen molar-refractivity contribution in [2.24, 2.45) is 0 Å². The molecule has 1 fully saturated rings. The second-order valence-corrected chi connectivity index (χ2v) is 10.0. The molecule has 0 atom stereocenters. The second-order valence-electron chi connectivity index (χ2n) is 8.07. The van der Waals surface area contributed by atoms with E-state index < -0.39 is 10.0 Å². The van der Waals surface area contributed by atoms with E-state index in [1.165, 1.54) is 16.4 Å². The lowest BCUT2D eigenvalue weighted by Crippen LogP contribution is -2.52. The zero-order valence-electron chi connectivity index (χ0n) is 18.5. The number of hydrogen-bond donors (Lipinski definition) is 0. The molecule has 1 saturated heterocycles. The molecule has 0 aliphatic carbocycles. The molecule has 10 nitrogen and oxygen atoms in total. The number of nitrogens with zero attached hydrogens (tertiary/aromatic N) is 4. The quantitative estimate of drug-likeness (QED) is 0.624. The molecule has 0 radical (unpaired) electrons. The van der Waals surface area contributed by atoms with Crippen LogP contribution < -0.4 is 9.47 Å². The predicted molar refractivity (Wildman–Crippen MR) is 115 cm³/mol. The SMILES string of the molecule is Cc1noc(C)c1CN(C)CC(=O)N1CCN(S(=O)(=O)c2ccc3c(c2)OCCO3)CC1. The number of piperazine rings is 1. The van der Waals surface area contributed by atoms with Crippen molar-refractivity contribution in [2.45, 2.75) is 25.3 Å². The number of amides is 1. The van der Waals surface area contributed by atoms with Crippen LogP contribution >= 0.6 is 0 Å². The van der Waals surface area contributed by atoms with Crippen molar-refractivity contribution in [2.75, 3.05) is 53.0 Å². The highest BCUT2D eigenvalue weighted by molar-refractivity contribution is 7.89. The number of hydrogen-bond acceptors (Lipinski definition) is 8. The summed E-state index contributed by atoms with van der Waals surface area (Å²) in [5, 5.41) is 3.94. The van der Waals surface area contributed by atoms with Gasteiger partial charge in [0.1, 0.15) is 19.0 Å². The number of benzene rings is 1. The van der Waals surface area contributed by atoms with Crippen molar-refractivity contribution in [1.82, 2.24) is 19.3 Å². The summed E-state index contributed by atoms with van der Waals surface area (Å²) in [6.45, 7) is 6.56. The van der Waals surface area contributed by atoms with Crippen LogP contribution in [0.3, 0.4) is 0 Å². The second kappa shape index (κ2) is 9.08. The van der Waals surface area contributed by atoms with Crippen LogP contribution in [0.15, 0.2) is 27.6 Å². The highest BCUT2D eigenvalue weighted by Crippen LogP contribution is 2.33. The van der Waals surface area contributed by atoms with Crippen molar-refractivity contribution in [3.63, 3.8) is 0 Å². The van der Waals surface area contributed by atoms with E-state index >= 15 is 0 Å². The fourth-order valence-corrected chi connectivity index (χ4v) is 5.33. The molecule has 1 aromatic carbocycles. The molecule has 0 bridgehead atoms. The minimum Gasteiger partial charge on any atom is -0.486 e. The minimum atomic E-state index is -3.68. The number of rotatable bonds is 6. The van der Waals surface area contributed by atoms with E-state index in [4.69, 9.17) is 14.0 Å². The summed E-state index contributed by atoms with van der Waals surface area (Å²) in [6, 6.07) is 4.66. The van der Waals surface area contributed by atoms with Crippen molar-refractivity contribution < 1.29 is 27.2 Å². The fourth-order valence-electron chi connectivity index (χ4n) is 3.90. The van der Waals surface area contributed by atoms with Crippen LogP contribution in [0.4, 0.5) is 0 Å². The van der Waals surface area contributed by atoms with Gasteiger partial charge in [-0.3, -0.25) is 9.69 Å². The van der Waals surface area contributed by atoms with Gasteiger partial charge in [0.05, 0.1) is 17.1 Å². The van der Waals surface area contributed by atoms with E-state index in [1.54, 1.807) is 11.0 Å². The minimum absolute atomic E-state index is 0.0318. The van der Waals surface area contributed by atoms with Crippen molar-refractivity contribution in [1.29, 1.82) is 0 Å². The molecule has 0 saturated carbocycles. The van der Waals surface area contributed by atoms with Crippen molar-refractivity contribution >= 4 is 15.9 Å². The van der Waals surface area contributed by atoms with Crippen LogP contribution in [0.5, 0.6) is 11.5 Å². The van der Waals surface area contributed by atoms with Crippen molar-refractivity contribution in [3.8, 4) is 11.5 Å². The lowest BCUT2D eigenvalue weighted by molar-refractivity contribution is -0.133. The summed E-state index contributed by atoms with van der Waals surface area (Å²) >= 11 is 0. The Bertz CT molecular complexity index is 1070. The van der Waals surface area contributed by atoms with Gasteiger partial charge in [-0.2, -0.15) is 4.31 Å². The van der Waals surface area contributed by atoms with Gasteiger partial charge in [-0.1, -0.05) is 5.16 Å². The largest absolute Gasteiger partial charge is 0.486 e. The first-order valence-electron chi connectivity index (χ1n) is 10.5. The van der Waals surface area contributed by atoms with Gasteiger partial charge in [-0.15, -0.1) is 0 Å². The Morgan fingerprint density at radius 3 is 2.44 bits per heavy atom. The molecule has 1 amide bonds. The maximum atomic E-state index is 13.1. The summed E-state index contributed by atoms with van der Waals surface area (Å²) in [7, 11) is -1.81. The maximum Gasteiger partial charge on any atom is 0.243 e. The zero-order chi connectivity index (χ0) is 22.9. The number of carbonyl (C=O) groups is 1. The first-order valence-corrected chi connectivity index (χ1v) is 12.0. The van der Waals surface area contributed by atoms with Gasteiger partial charge in [0.25, 0.3) is 0 Å². The average molecular weight is 465 g/mol. The summed E-state index contributed by atoms with van der Waals surface area (Å²) in [5.41, 5.74) is 1.80. The standard InChI is InChI=1S/C21H28N4O6S/c1-15-18(16(2)31-22-15)13-23(3)14-21(26)24-6-8-25(9-7-24)32(27,28)17-4-5-19-20(12-17)30-11-10-29-19/h4-5,12H,6-11,13-14H2,1-3H3. The van der Waals surface area contributed by atoms with Crippen LogP contribution in [0, 0.1) is 13.8 Å². The molecule has 32 heavy (non-hydrogen) atoms. The Morgan fingerprint density at radius 1 is 1.09 bits per heavy atom. The number of aromatic nitrogens is 1. The number of fused-ring (bicyclic) bond motifs is 1. The highest BCUT2D eigenvalue weighted by atomic mass is 32.2. The topological polar surface area (TPSA) is 105 Å². The van der Waals surface area contributed by atoms with E-state index in [0.717, 1.165) is 17.0 Å². The molecule has 2 aromatic rings. The third-order valence-corrected chi connectivity index (χ3v) is 7.65. The monoisotopic (exact) mass is 464 g/mol. The summed E-state index contributed by atoms with van der Waals surface area (Å²) in [4.78, 5) is 16.5. The molecule has 2 aliphatic heterocycles. The number of sulfonamides is 1. The number of ether oxygens (including phenoxy) is 2. The van der Waals surface area contributed by atoms with Crippen LogP contribution in [-0.2, 0) is 21.4 Å². The number of carbonyl (C=O) groups excluding carboxylic acids is 1. The van der Waals surface area contributed by atoms with Crippen LogP contribution in [-0.4, -0.2) is 86.6 Å². The summed E-state index contributed by atoms with van der Waals surface area (Å²) < 4.78 is 43.7. The first-order chi connectivity index (χ1) is 15.3. The molecule has 11 heteroatoms. The third kappa shape index (κ3) is 4.59. The third-order valence-electron chi connectivity index (χ3n) is 5.76. The fraction of sp³-hybridized carbons (Fsp3) is 0.524. The molecular formula is C21H28N4O6S. The molecule has 3 heterocycles. The lowest BCUT2D eigenvalue weighted by atomic mass is 10.2. The van der Waals surface area contributed by atoms with Crippen LogP contribution in [0.25, 0.3) is 0 Å². The molecular weight excluding hydrogens is 436 g/mol. The first kappa shape index (κ1) is 22.6. The van der Waals surface area contributed by atoms with Gasteiger partial charge < -0.3 is 18.9 Å². The van der Waals surface area contributed by atoms with E-state index in [-0.39, 0.29) is 30.4 Å². The van der Waals surface area contributed by atoms with E-state index in [9.17, 15) is 13.2 Å². The van der Waals surface area contributed by atoms with Gasteiger partial charge in [-0.25, -0.2) is 8.42 Å². The smallest absolute Gasteiger partial charge is 0.243 e. The van der Waals surface area contributed by atoms with Crippen LogP contribution in [0.1, 0.15) is 17.0 Å². The normalized spacial score (nSPS) is 17.1. The number of likely N-dealkylation sites (N-methyl/N-ethyl adjacent to an activating group) is 1.